The first-order valence-electron chi connectivity index (χ1n) is 8.53. The number of carbonyl (C=O) groups is 1. The number of benzene rings is 1. The van der Waals surface area contributed by atoms with Crippen LogP contribution >= 0.6 is 0 Å². The summed E-state index contributed by atoms with van der Waals surface area (Å²) < 4.78 is 7.33. The SMILES string of the molecule is Cc1cnn([C@@H]2CCCN(C(=O)c3cc(-c4ccccc4)on3)C2)c1. The van der Waals surface area contributed by atoms with Crippen molar-refractivity contribution in [3.63, 3.8) is 0 Å². The summed E-state index contributed by atoms with van der Waals surface area (Å²) in [4.78, 5) is 14.6. The van der Waals surface area contributed by atoms with Gasteiger partial charge in [-0.2, -0.15) is 5.10 Å². The van der Waals surface area contributed by atoms with Crippen molar-refractivity contribution >= 4 is 5.91 Å². The fourth-order valence-corrected chi connectivity index (χ4v) is 3.26. The van der Waals surface area contributed by atoms with Gasteiger partial charge in [0.15, 0.2) is 11.5 Å². The molecule has 0 unspecified atom stereocenters. The van der Waals surface area contributed by atoms with Crippen molar-refractivity contribution in [3.05, 3.63) is 60.0 Å². The largest absolute Gasteiger partial charge is 0.355 e. The topological polar surface area (TPSA) is 64.2 Å². The van der Waals surface area contributed by atoms with Gasteiger partial charge in [-0.25, -0.2) is 0 Å². The fraction of sp³-hybridized carbons (Fsp3) is 0.316. The Balaban J connectivity index is 1.50. The Morgan fingerprint density at radius 3 is 2.88 bits per heavy atom. The van der Waals surface area contributed by atoms with Crippen molar-refractivity contribution in [2.24, 2.45) is 0 Å². The van der Waals surface area contributed by atoms with Crippen LogP contribution in [0.1, 0.15) is 34.9 Å². The predicted molar refractivity (Wildman–Crippen MR) is 93.1 cm³/mol. The van der Waals surface area contributed by atoms with Gasteiger partial charge in [0.2, 0.25) is 0 Å². The zero-order valence-electron chi connectivity index (χ0n) is 14.1. The van der Waals surface area contributed by atoms with Crippen LogP contribution in [0.15, 0.2) is 53.3 Å². The minimum atomic E-state index is -0.0838. The molecule has 1 atom stereocenters. The first kappa shape index (κ1) is 15.6. The molecule has 0 aliphatic carbocycles. The van der Waals surface area contributed by atoms with Gasteiger partial charge in [0.25, 0.3) is 5.91 Å². The Bertz CT molecular complexity index is 868. The van der Waals surface area contributed by atoms with Crippen LogP contribution in [-0.4, -0.2) is 38.8 Å². The molecule has 6 heteroatoms. The van der Waals surface area contributed by atoms with E-state index in [1.165, 1.54) is 0 Å². The maximum absolute atomic E-state index is 12.8. The predicted octanol–water partition coefficient (Wildman–Crippen LogP) is 3.32. The number of nitrogens with zero attached hydrogens (tertiary/aromatic N) is 4. The summed E-state index contributed by atoms with van der Waals surface area (Å²) in [6, 6.07) is 11.6. The summed E-state index contributed by atoms with van der Waals surface area (Å²) in [6.45, 7) is 3.41. The van der Waals surface area contributed by atoms with E-state index in [4.69, 9.17) is 4.52 Å². The quantitative estimate of drug-likeness (QED) is 0.736. The van der Waals surface area contributed by atoms with Crippen molar-refractivity contribution in [2.45, 2.75) is 25.8 Å². The number of hydrogen-bond donors (Lipinski definition) is 0. The molecule has 1 amide bonds. The Morgan fingerprint density at radius 1 is 1.28 bits per heavy atom. The molecule has 1 aliphatic rings. The molecule has 128 valence electrons. The summed E-state index contributed by atoms with van der Waals surface area (Å²) in [5, 5.41) is 8.38. The fourth-order valence-electron chi connectivity index (χ4n) is 3.26. The lowest BCUT2D eigenvalue weighted by Gasteiger charge is -2.32. The van der Waals surface area contributed by atoms with Gasteiger partial charge in [0.1, 0.15) is 0 Å². The Morgan fingerprint density at radius 2 is 2.12 bits per heavy atom. The van der Waals surface area contributed by atoms with Gasteiger partial charge in [-0.15, -0.1) is 0 Å². The van der Waals surface area contributed by atoms with Crippen molar-refractivity contribution in [1.82, 2.24) is 19.8 Å². The third-order valence-electron chi connectivity index (χ3n) is 4.58. The highest BCUT2D eigenvalue weighted by molar-refractivity contribution is 5.93. The van der Waals surface area contributed by atoms with Crippen LogP contribution in [0.4, 0.5) is 0 Å². The summed E-state index contributed by atoms with van der Waals surface area (Å²) in [6.07, 6.45) is 5.87. The molecule has 1 saturated heterocycles. The number of likely N-dealkylation sites (tertiary alicyclic amines) is 1. The lowest BCUT2D eigenvalue weighted by Crippen LogP contribution is -2.41. The minimum Gasteiger partial charge on any atom is -0.355 e. The van der Waals surface area contributed by atoms with Gasteiger partial charge in [-0.3, -0.25) is 9.48 Å². The van der Waals surface area contributed by atoms with E-state index in [2.05, 4.69) is 10.3 Å². The normalized spacial score (nSPS) is 17.6. The van der Waals surface area contributed by atoms with Gasteiger partial charge in [-0.05, 0) is 25.3 Å². The molecule has 0 radical (unpaired) electrons. The number of rotatable bonds is 3. The van der Waals surface area contributed by atoms with Gasteiger partial charge < -0.3 is 9.42 Å². The monoisotopic (exact) mass is 336 g/mol. The summed E-state index contributed by atoms with van der Waals surface area (Å²) >= 11 is 0. The zero-order valence-corrected chi connectivity index (χ0v) is 14.1. The first-order valence-corrected chi connectivity index (χ1v) is 8.53. The van der Waals surface area contributed by atoms with E-state index in [0.29, 0.717) is 18.0 Å². The minimum absolute atomic E-state index is 0.0838. The highest BCUT2D eigenvalue weighted by Gasteiger charge is 2.27. The summed E-state index contributed by atoms with van der Waals surface area (Å²) in [7, 11) is 0. The molecule has 3 aromatic rings. The third kappa shape index (κ3) is 3.20. The van der Waals surface area contributed by atoms with E-state index in [1.54, 1.807) is 6.07 Å². The van der Waals surface area contributed by atoms with E-state index in [0.717, 1.165) is 30.5 Å². The Kier molecular flexibility index (Phi) is 4.09. The number of aryl methyl sites for hydroxylation is 1. The van der Waals surface area contributed by atoms with Crippen LogP contribution in [0.3, 0.4) is 0 Å². The molecule has 25 heavy (non-hydrogen) atoms. The van der Waals surface area contributed by atoms with Gasteiger partial charge in [0, 0.05) is 30.9 Å². The molecule has 0 saturated carbocycles. The molecule has 1 fully saturated rings. The maximum Gasteiger partial charge on any atom is 0.276 e. The maximum atomic E-state index is 12.8. The number of hydrogen-bond acceptors (Lipinski definition) is 4. The van der Waals surface area contributed by atoms with Crippen molar-refractivity contribution < 1.29 is 9.32 Å². The van der Waals surface area contributed by atoms with Crippen LogP contribution in [0, 0.1) is 6.92 Å². The first-order chi connectivity index (χ1) is 12.2. The molecular weight excluding hydrogens is 316 g/mol. The molecule has 2 aromatic heterocycles. The van der Waals surface area contributed by atoms with Gasteiger partial charge >= 0.3 is 0 Å². The smallest absolute Gasteiger partial charge is 0.276 e. The number of piperidine rings is 1. The molecule has 6 nitrogen and oxygen atoms in total. The second kappa shape index (κ2) is 6.55. The van der Waals surface area contributed by atoms with Crippen LogP contribution in [0.5, 0.6) is 0 Å². The molecule has 0 spiro atoms. The van der Waals surface area contributed by atoms with E-state index < -0.39 is 0 Å². The van der Waals surface area contributed by atoms with Crippen LogP contribution < -0.4 is 0 Å². The average molecular weight is 336 g/mol. The lowest BCUT2D eigenvalue weighted by molar-refractivity contribution is 0.0662. The van der Waals surface area contributed by atoms with Crippen molar-refractivity contribution in [1.29, 1.82) is 0 Å². The van der Waals surface area contributed by atoms with Gasteiger partial charge in [0.05, 0.1) is 12.2 Å². The highest BCUT2D eigenvalue weighted by atomic mass is 16.5. The van der Waals surface area contributed by atoms with E-state index >= 15 is 0 Å². The Labute approximate surface area is 146 Å². The van der Waals surface area contributed by atoms with Crippen molar-refractivity contribution in [3.8, 4) is 11.3 Å². The molecule has 4 rings (SSSR count). The molecule has 3 heterocycles. The van der Waals surface area contributed by atoms with Crippen molar-refractivity contribution in [2.75, 3.05) is 13.1 Å². The average Bonchev–Trinajstić information content (AvgIpc) is 3.31. The van der Waals surface area contributed by atoms with Crippen LogP contribution in [0.2, 0.25) is 0 Å². The third-order valence-corrected chi connectivity index (χ3v) is 4.58. The van der Waals surface area contributed by atoms with E-state index in [9.17, 15) is 4.79 Å². The summed E-state index contributed by atoms with van der Waals surface area (Å²) in [5.41, 5.74) is 2.40. The number of amides is 1. The number of carbonyl (C=O) groups excluding carboxylic acids is 1. The molecular formula is C19H20N4O2. The zero-order chi connectivity index (χ0) is 17.2. The van der Waals surface area contributed by atoms with Crippen LogP contribution in [-0.2, 0) is 0 Å². The van der Waals surface area contributed by atoms with E-state index in [-0.39, 0.29) is 11.9 Å². The number of aromatic nitrogens is 3. The standard InChI is InChI=1S/C19H20N4O2/c1-14-11-20-23(12-14)16-8-5-9-22(13-16)19(24)17-10-18(25-21-17)15-6-3-2-4-7-15/h2-4,6-7,10-12,16H,5,8-9,13H2,1H3/t16-/m1/s1. The Hall–Kier alpha value is -2.89. The lowest BCUT2D eigenvalue weighted by atomic mass is 10.1. The van der Waals surface area contributed by atoms with Crippen LogP contribution in [0.25, 0.3) is 11.3 Å². The second-order valence-electron chi connectivity index (χ2n) is 6.49. The molecule has 0 bridgehead atoms. The molecule has 0 N–H and O–H groups in total. The molecule has 1 aromatic carbocycles. The summed E-state index contributed by atoms with van der Waals surface area (Å²) in [5.74, 6) is 0.528. The second-order valence-corrected chi connectivity index (χ2v) is 6.49. The van der Waals surface area contributed by atoms with E-state index in [1.807, 2.05) is 59.2 Å². The van der Waals surface area contributed by atoms with Gasteiger partial charge in [-0.1, -0.05) is 35.5 Å². The molecule has 1 aliphatic heterocycles. The highest BCUT2D eigenvalue weighted by Crippen LogP contribution is 2.24.